The summed E-state index contributed by atoms with van der Waals surface area (Å²) in [7, 11) is 1.43. The van der Waals surface area contributed by atoms with Crippen LogP contribution in [0, 0.1) is 0 Å². The smallest absolute Gasteiger partial charge is 0.316 e. The number of nitrogens with zero attached hydrogens (tertiary/aromatic N) is 3. The molecule has 1 aliphatic rings. The number of rotatable bonds is 6. The van der Waals surface area contributed by atoms with Crippen LogP contribution in [-0.4, -0.2) is 46.1 Å². The highest BCUT2D eigenvalue weighted by Gasteiger charge is 2.40. The third-order valence-corrected chi connectivity index (χ3v) is 3.84. The van der Waals surface area contributed by atoms with Crippen molar-refractivity contribution < 1.29 is 18.8 Å². The lowest BCUT2D eigenvalue weighted by atomic mass is 10.1. The number of amides is 2. The van der Waals surface area contributed by atoms with Gasteiger partial charge in [0.2, 0.25) is 0 Å². The van der Waals surface area contributed by atoms with E-state index < -0.39 is 0 Å². The Morgan fingerprint density at radius 1 is 1.28 bits per heavy atom. The van der Waals surface area contributed by atoms with E-state index in [1.54, 1.807) is 0 Å². The molecule has 1 aliphatic carbocycles. The quantitative estimate of drug-likeness (QED) is 0.798. The molecule has 2 aromatic rings. The van der Waals surface area contributed by atoms with Crippen molar-refractivity contribution in [3.63, 3.8) is 0 Å². The monoisotopic (exact) mass is 345 g/mol. The van der Waals surface area contributed by atoms with Crippen molar-refractivity contribution in [2.75, 3.05) is 7.11 Å². The fourth-order valence-electron chi connectivity index (χ4n) is 2.40. The zero-order valence-electron chi connectivity index (χ0n) is 14.1. The first-order valence-corrected chi connectivity index (χ1v) is 7.93. The van der Waals surface area contributed by atoms with Gasteiger partial charge in [-0.3, -0.25) is 9.59 Å². The number of carbonyl (C=O) groups is 2. The van der Waals surface area contributed by atoms with E-state index in [0.29, 0.717) is 17.7 Å². The fraction of sp³-hybridized carbons (Fsp3) is 0.438. The van der Waals surface area contributed by atoms with Crippen molar-refractivity contribution in [2.45, 2.75) is 38.3 Å². The molecule has 1 saturated carbocycles. The Morgan fingerprint density at radius 3 is 2.68 bits per heavy atom. The maximum Gasteiger partial charge on any atom is 0.316 e. The van der Waals surface area contributed by atoms with Gasteiger partial charge in [0, 0.05) is 12.1 Å². The van der Waals surface area contributed by atoms with Gasteiger partial charge in [-0.1, -0.05) is 19.0 Å². The second-order valence-electron chi connectivity index (χ2n) is 6.08. The Hall–Kier alpha value is -2.97. The van der Waals surface area contributed by atoms with Crippen molar-refractivity contribution in [1.82, 2.24) is 25.8 Å². The summed E-state index contributed by atoms with van der Waals surface area (Å²) in [5, 5.41) is 9.37. The molecular formula is C16H19N5O4. The van der Waals surface area contributed by atoms with Crippen molar-refractivity contribution in [3.8, 4) is 6.01 Å². The molecule has 0 spiro atoms. The largest absolute Gasteiger partial charge is 0.467 e. The van der Waals surface area contributed by atoms with Crippen LogP contribution < -0.4 is 15.4 Å². The summed E-state index contributed by atoms with van der Waals surface area (Å²) < 4.78 is 10.0. The van der Waals surface area contributed by atoms with E-state index in [2.05, 4.69) is 25.8 Å². The number of aromatic nitrogens is 3. The lowest BCUT2D eigenvalue weighted by Gasteiger charge is -2.07. The van der Waals surface area contributed by atoms with Gasteiger partial charge in [0.1, 0.15) is 11.3 Å². The predicted octanol–water partition coefficient (Wildman–Crippen LogP) is 0.897. The number of carbonyl (C=O) groups excluding carboxylic acids is 2. The minimum atomic E-state index is -0.338. The Morgan fingerprint density at radius 2 is 2.00 bits per heavy atom. The van der Waals surface area contributed by atoms with Crippen molar-refractivity contribution >= 4 is 11.8 Å². The van der Waals surface area contributed by atoms with Gasteiger partial charge in [0.25, 0.3) is 11.8 Å². The van der Waals surface area contributed by atoms with Gasteiger partial charge in [-0.05, 0) is 12.5 Å². The molecule has 2 atom stereocenters. The minimum Gasteiger partial charge on any atom is -0.467 e. The Labute approximate surface area is 144 Å². The summed E-state index contributed by atoms with van der Waals surface area (Å²) in [6.45, 7) is 3.85. The van der Waals surface area contributed by atoms with Crippen LogP contribution in [0.5, 0.6) is 6.01 Å². The van der Waals surface area contributed by atoms with Gasteiger partial charge in [0.05, 0.1) is 25.4 Å². The van der Waals surface area contributed by atoms with Crippen LogP contribution in [-0.2, 0) is 0 Å². The van der Waals surface area contributed by atoms with Crippen molar-refractivity contribution in [2.24, 2.45) is 0 Å². The minimum absolute atomic E-state index is 0.0608. The summed E-state index contributed by atoms with van der Waals surface area (Å²) in [6.07, 6.45) is 3.52. The molecule has 0 radical (unpaired) electrons. The third-order valence-electron chi connectivity index (χ3n) is 3.84. The van der Waals surface area contributed by atoms with Crippen molar-refractivity contribution in [3.05, 3.63) is 35.5 Å². The van der Waals surface area contributed by atoms with Crippen LogP contribution in [0.2, 0.25) is 0 Å². The number of nitrogens with one attached hydrogen (secondary N) is 2. The third kappa shape index (κ3) is 3.76. The van der Waals surface area contributed by atoms with Gasteiger partial charge < -0.3 is 19.9 Å². The topological polar surface area (TPSA) is 119 Å². The lowest BCUT2D eigenvalue weighted by Crippen LogP contribution is -2.35. The molecule has 2 amide bonds. The normalized spacial score (nSPS) is 18.7. The van der Waals surface area contributed by atoms with E-state index in [1.165, 1.54) is 25.6 Å². The zero-order chi connectivity index (χ0) is 18.0. The molecule has 0 aliphatic heterocycles. The molecule has 0 bridgehead atoms. The number of hydrogen-bond donors (Lipinski definition) is 2. The standard InChI is InChI=1S/C16H19N5O4/c1-8(2)13-9(7-18-25-13)14(22)19-11-6-12(11)20-15(23)10-4-5-17-16(21-10)24-3/h4-5,7-8,11-12H,6H2,1-3H3,(H,19,22)(H,20,23)/t11-,12-/m1/s1. The van der Waals surface area contributed by atoms with Gasteiger partial charge >= 0.3 is 6.01 Å². The first-order chi connectivity index (χ1) is 12.0. The molecule has 0 saturated heterocycles. The number of ether oxygens (including phenoxy) is 1. The van der Waals surface area contributed by atoms with Gasteiger partial charge in [-0.2, -0.15) is 4.98 Å². The lowest BCUT2D eigenvalue weighted by molar-refractivity contribution is 0.0922. The van der Waals surface area contributed by atoms with Gasteiger partial charge in [-0.15, -0.1) is 0 Å². The maximum atomic E-state index is 12.3. The maximum absolute atomic E-state index is 12.3. The molecular weight excluding hydrogens is 326 g/mol. The molecule has 1 fully saturated rings. The molecule has 2 aromatic heterocycles. The summed E-state index contributed by atoms with van der Waals surface area (Å²) in [6, 6.07) is 1.36. The molecule has 9 nitrogen and oxygen atoms in total. The molecule has 132 valence electrons. The zero-order valence-corrected chi connectivity index (χ0v) is 14.1. The second-order valence-corrected chi connectivity index (χ2v) is 6.08. The molecule has 2 N–H and O–H groups in total. The highest BCUT2D eigenvalue weighted by atomic mass is 16.5. The van der Waals surface area contributed by atoms with Crippen LogP contribution in [0.1, 0.15) is 52.8 Å². The van der Waals surface area contributed by atoms with Gasteiger partial charge in [0.15, 0.2) is 5.76 Å². The van der Waals surface area contributed by atoms with E-state index in [-0.39, 0.29) is 41.5 Å². The van der Waals surface area contributed by atoms with Gasteiger partial charge in [-0.25, -0.2) is 4.98 Å². The number of methoxy groups -OCH3 is 1. The SMILES string of the molecule is COc1nccc(C(=O)N[C@@H]2C[C@H]2NC(=O)c2cnoc2C(C)C)n1. The summed E-state index contributed by atoms with van der Waals surface area (Å²) in [4.78, 5) is 32.3. The van der Waals surface area contributed by atoms with E-state index >= 15 is 0 Å². The average Bonchev–Trinajstić information content (AvgIpc) is 3.12. The second kappa shape index (κ2) is 6.88. The number of hydrogen-bond acceptors (Lipinski definition) is 7. The van der Waals surface area contributed by atoms with Crippen molar-refractivity contribution in [1.29, 1.82) is 0 Å². The molecule has 9 heteroatoms. The van der Waals surface area contributed by atoms with E-state index in [1.807, 2.05) is 13.8 Å². The summed E-state index contributed by atoms with van der Waals surface area (Å²) in [5.41, 5.74) is 0.637. The summed E-state index contributed by atoms with van der Waals surface area (Å²) >= 11 is 0. The van der Waals surface area contributed by atoms with Crippen LogP contribution in [0.25, 0.3) is 0 Å². The average molecular weight is 345 g/mol. The molecule has 0 aromatic carbocycles. The van der Waals surface area contributed by atoms with Crippen LogP contribution in [0.3, 0.4) is 0 Å². The molecule has 3 rings (SSSR count). The highest BCUT2D eigenvalue weighted by Crippen LogP contribution is 2.24. The molecule has 2 heterocycles. The fourth-order valence-corrected chi connectivity index (χ4v) is 2.40. The summed E-state index contributed by atoms with van der Waals surface area (Å²) in [5.74, 6) is 0.0169. The van der Waals surface area contributed by atoms with Crippen LogP contribution in [0.4, 0.5) is 0 Å². The molecule has 0 unspecified atom stereocenters. The molecule has 25 heavy (non-hydrogen) atoms. The Kier molecular flexibility index (Phi) is 4.64. The van der Waals surface area contributed by atoms with Crippen LogP contribution >= 0.6 is 0 Å². The van der Waals surface area contributed by atoms with E-state index in [4.69, 9.17) is 9.26 Å². The van der Waals surface area contributed by atoms with Crippen LogP contribution in [0.15, 0.2) is 23.0 Å². The highest BCUT2D eigenvalue weighted by molar-refractivity contribution is 5.96. The first kappa shape index (κ1) is 16.9. The van der Waals surface area contributed by atoms with E-state index in [0.717, 1.165) is 0 Å². The first-order valence-electron chi connectivity index (χ1n) is 7.93. The van der Waals surface area contributed by atoms with E-state index in [9.17, 15) is 9.59 Å². The predicted molar refractivity (Wildman–Crippen MR) is 86.3 cm³/mol. The Bertz CT molecular complexity index is 788. The Balaban J connectivity index is 1.55.